The number of hydrogen-bond acceptors (Lipinski definition) is 1. The molecule has 0 unspecified atom stereocenters. The van der Waals surface area contributed by atoms with Gasteiger partial charge in [-0.25, -0.2) is 4.98 Å². The highest BCUT2D eigenvalue weighted by atomic mass is 19.4. The maximum Gasteiger partial charge on any atom is 0.416 e. The van der Waals surface area contributed by atoms with E-state index in [4.69, 9.17) is 0 Å². The fourth-order valence-electron chi connectivity index (χ4n) is 2.77. The van der Waals surface area contributed by atoms with E-state index < -0.39 is 23.5 Å². The second-order valence-electron chi connectivity index (χ2n) is 6.21. The Morgan fingerprint density at radius 3 is 1.88 bits per heavy atom. The SMILES string of the molecule is CC(C)c1nc2ccccc2n1-c1cc(C(F)(F)F)cc(C(F)(F)F)c1. The van der Waals surface area contributed by atoms with Crippen molar-refractivity contribution in [2.75, 3.05) is 0 Å². The zero-order valence-corrected chi connectivity index (χ0v) is 13.8. The van der Waals surface area contributed by atoms with Crippen LogP contribution in [0, 0.1) is 0 Å². The van der Waals surface area contributed by atoms with Crippen LogP contribution in [0.25, 0.3) is 16.7 Å². The molecule has 0 N–H and O–H groups in total. The summed E-state index contributed by atoms with van der Waals surface area (Å²) < 4.78 is 80.3. The lowest BCUT2D eigenvalue weighted by atomic mass is 10.1. The summed E-state index contributed by atoms with van der Waals surface area (Å²) in [5.41, 5.74) is -1.97. The van der Waals surface area contributed by atoms with E-state index in [0.717, 1.165) is 12.1 Å². The Hall–Kier alpha value is -2.51. The molecule has 0 spiro atoms. The topological polar surface area (TPSA) is 17.8 Å². The molecule has 0 bridgehead atoms. The van der Waals surface area contributed by atoms with Crippen molar-refractivity contribution in [3.05, 3.63) is 59.4 Å². The maximum atomic E-state index is 13.2. The molecule has 0 saturated carbocycles. The van der Waals surface area contributed by atoms with Crippen molar-refractivity contribution in [2.24, 2.45) is 0 Å². The number of fused-ring (bicyclic) bond motifs is 1. The summed E-state index contributed by atoms with van der Waals surface area (Å²) >= 11 is 0. The number of halogens is 6. The summed E-state index contributed by atoms with van der Waals surface area (Å²) in [6.07, 6.45) is -9.80. The highest BCUT2D eigenvalue weighted by molar-refractivity contribution is 5.78. The summed E-state index contributed by atoms with van der Waals surface area (Å²) in [6, 6.07) is 8.19. The number of imidazole rings is 1. The van der Waals surface area contributed by atoms with Crippen LogP contribution in [0.4, 0.5) is 26.3 Å². The molecule has 1 heterocycles. The molecule has 0 aliphatic heterocycles. The second kappa shape index (κ2) is 6.03. The molecule has 0 saturated heterocycles. The minimum Gasteiger partial charge on any atom is -0.296 e. The van der Waals surface area contributed by atoms with Crippen LogP contribution in [0.15, 0.2) is 42.5 Å². The normalized spacial score (nSPS) is 13.0. The molecule has 8 heteroatoms. The summed E-state index contributed by atoms with van der Waals surface area (Å²) in [5, 5.41) is 0. The van der Waals surface area contributed by atoms with Gasteiger partial charge in [-0.15, -0.1) is 0 Å². The number of alkyl halides is 6. The third-order valence-electron chi connectivity index (χ3n) is 3.93. The first kappa shape index (κ1) is 18.3. The van der Waals surface area contributed by atoms with Gasteiger partial charge in [0.1, 0.15) is 5.82 Å². The van der Waals surface area contributed by atoms with Crippen molar-refractivity contribution in [3.8, 4) is 5.69 Å². The van der Waals surface area contributed by atoms with Gasteiger partial charge in [-0.1, -0.05) is 26.0 Å². The molecule has 0 radical (unpaired) electrons. The third-order valence-corrected chi connectivity index (χ3v) is 3.93. The van der Waals surface area contributed by atoms with E-state index >= 15 is 0 Å². The van der Waals surface area contributed by atoms with Gasteiger partial charge in [0.25, 0.3) is 0 Å². The molecule has 138 valence electrons. The maximum absolute atomic E-state index is 13.2. The van der Waals surface area contributed by atoms with Crippen LogP contribution < -0.4 is 0 Å². The quantitative estimate of drug-likeness (QED) is 0.491. The molecule has 2 aromatic carbocycles. The van der Waals surface area contributed by atoms with Crippen LogP contribution in [0.3, 0.4) is 0 Å². The van der Waals surface area contributed by atoms with Gasteiger partial charge >= 0.3 is 12.4 Å². The van der Waals surface area contributed by atoms with Crippen LogP contribution in [0.1, 0.15) is 36.7 Å². The molecule has 0 amide bonds. The number of nitrogens with zero attached hydrogens (tertiary/aromatic N) is 2. The van der Waals surface area contributed by atoms with Crippen LogP contribution in [-0.2, 0) is 12.4 Å². The minimum absolute atomic E-state index is 0.123. The number of hydrogen-bond donors (Lipinski definition) is 0. The average Bonchev–Trinajstić information content (AvgIpc) is 2.92. The van der Waals surface area contributed by atoms with Gasteiger partial charge in [-0.2, -0.15) is 26.3 Å². The molecule has 0 atom stereocenters. The first-order valence-electron chi connectivity index (χ1n) is 7.75. The number of aromatic nitrogens is 2. The van der Waals surface area contributed by atoms with Crippen molar-refractivity contribution in [1.82, 2.24) is 9.55 Å². The Bertz CT molecular complexity index is 918. The van der Waals surface area contributed by atoms with E-state index in [1.54, 1.807) is 38.1 Å². The van der Waals surface area contributed by atoms with Gasteiger partial charge < -0.3 is 0 Å². The monoisotopic (exact) mass is 372 g/mol. The van der Waals surface area contributed by atoms with E-state index in [9.17, 15) is 26.3 Å². The summed E-state index contributed by atoms with van der Waals surface area (Å²) in [6.45, 7) is 3.55. The predicted octanol–water partition coefficient (Wildman–Crippen LogP) is 6.19. The van der Waals surface area contributed by atoms with Crippen molar-refractivity contribution in [3.63, 3.8) is 0 Å². The summed E-state index contributed by atoms with van der Waals surface area (Å²) in [7, 11) is 0. The zero-order valence-electron chi connectivity index (χ0n) is 13.8. The predicted molar refractivity (Wildman–Crippen MR) is 85.2 cm³/mol. The lowest BCUT2D eigenvalue weighted by Crippen LogP contribution is -2.13. The summed E-state index contributed by atoms with van der Waals surface area (Å²) in [4.78, 5) is 4.37. The van der Waals surface area contributed by atoms with E-state index in [1.165, 1.54) is 4.57 Å². The highest BCUT2D eigenvalue weighted by Gasteiger charge is 2.37. The highest BCUT2D eigenvalue weighted by Crippen LogP contribution is 2.38. The Morgan fingerprint density at radius 1 is 0.846 bits per heavy atom. The van der Waals surface area contributed by atoms with Crippen LogP contribution in [0.5, 0.6) is 0 Å². The fourth-order valence-corrected chi connectivity index (χ4v) is 2.77. The van der Waals surface area contributed by atoms with Crippen LogP contribution in [0.2, 0.25) is 0 Å². The fraction of sp³-hybridized carbons (Fsp3) is 0.278. The second-order valence-corrected chi connectivity index (χ2v) is 6.21. The molecule has 1 aromatic heterocycles. The molecule has 3 rings (SSSR count). The largest absolute Gasteiger partial charge is 0.416 e. The lowest BCUT2D eigenvalue weighted by molar-refractivity contribution is -0.143. The standard InChI is InChI=1S/C18H14F6N2/c1-10(2)16-25-14-5-3-4-6-15(14)26(16)13-8-11(17(19,20)21)7-12(9-13)18(22,23)24/h3-10H,1-2H3. The summed E-state index contributed by atoms with van der Waals surface area (Å²) in [5.74, 6) is 0.185. The molecule has 2 nitrogen and oxygen atoms in total. The first-order valence-corrected chi connectivity index (χ1v) is 7.75. The van der Waals surface area contributed by atoms with Gasteiger partial charge in [-0.05, 0) is 30.3 Å². The lowest BCUT2D eigenvalue weighted by Gasteiger charge is -2.17. The van der Waals surface area contributed by atoms with E-state index in [2.05, 4.69) is 4.98 Å². The number of para-hydroxylation sites is 2. The van der Waals surface area contributed by atoms with Crippen molar-refractivity contribution >= 4 is 11.0 Å². The number of rotatable bonds is 2. The van der Waals surface area contributed by atoms with Gasteiger partial charge in [0.2, 0.25) is 0 Å². The molecular weight excluding hydrogens is 358 g/mol. The molecule has 26 heavy (non-hydrogen) atoms. The van der Waals surface area contributed by atoms with Crippen LogP contribution >= 0.6 is 0 Å². The van der Waals surface area contributed by atoms with E-state index in [-0.39, 0.29) is 17.7 Å². The number of benzene rings is 2. The van der Waals surface area contributed by atoms with Crippen molar-refractivity contribution in [2.45, 2.75) is 32.1 Å². The molecular formula is C18H14F6N2. The van der Waals surface area contributed by atoms with E-state index in [1.807, 2.05) is 0 Å². The third kappa shape index (κ3) is 3.27. The van der Waals surface area contributed by atoms with Crippen molar-refractivity contribution < 1.29 is 26.3 Å². The van der Waals surface area contributed by atoms with Gasteiger partial charge in [0, 0.05) is 11.6 Å². The smallest absolute Gasteiger partial charge is 0.296 e. The molecule has 3 aromatic rings. The Labute approximate surface area is 145 Å². The molecule has 0 aliphatic rings. The minimum atomic E-state index is -4.90. The molecule has 0 fully saturated rings. The van der Waals surface area contributed by atoms with Gasteiger partial charge in [-0.3, -0.25) is 4.57 Å². The van der Waals surface area contributed by atoms with Crippen LogP contribution in [-0.4, -0.2) is 9.55 Å². The molecule has 0 aliphatic carbocycles. The zero-order chi connectivity index (χ0) is 19.3. The average molecular weight is 372 g/mol. The first-order chi connectivity index (χ1) is 12.0. The van der Waals surface area contributed by atoms with E-state index in [0.29, 0.717) is 16.9 Å². The van der Waals surface area contributed by atoms with Gasteiger partial charge in [0.05, 0.1) is 22.2 Å². The Balaban J connectivity index is 2.37. The Kier molecular flexibility index (Phi) is 4.24. The Morgan fingerprint density at radius 2 is 1.38 bits per heavy atom. The van der Waals surface area contributed by atoms with Crippen molar-refractivity contribution in [1.29, 1.82) is 0 Å². The van der Waals surface area contributed by atoms with Gasteiger partial charge in [0.15, 0.2) is 0 Å².